The van der Waals surface area contributed by atoms with Crippen LogP contribution in [0.3, 0.4) is 0 Å². The van der Waals surface area contributed by atoms with Gasteiger partial charge in [-0.3, -0.25) is 13.3 Å². The first-order valence-corrected chi connectivity index (χ1v) is 13.1. The molecule has 0 fully saturated rings. The Bertz CT molecular complexity index is 1040. The molecule has 3 rings (SSSR count). The Morgan fingerprint density at radius 2 is 1.74 bits per heavy atom. The SMILES string of the molecule is O=C(CC1=CCCC1)NCCCCC(C(=O)O)N(c1ccc(-c2ccc(Br)cc2)cc1)S(=O)[O-]. The van der Waals surface area contributed by atoms with E-state index in [0.29, 0.717) is 31.5 Å². The molecule has 7 nitrogen and oxygen atoms in total. The molecule has 0 aliphatic heterocycles. The molecule has 34 heavy (non-hydrogen) atoms. The van der Waals surface area contributed by atoms with Gasteiger partial charge in [0.2, 0.25) is 5.91 Å². The van der Waals surface area contributed by atoms with Crippen molar-refractivity contribution >= 4 is 44.8 Å². The quantitative estimate of drug-likeness (QED) is 0.222. The number of nitrogens with zero attached hydrogens (tertiary/aromatic N) is 1. The van der Waals surface area contributed by atoms with Crippen LogP contribution in [0.5, 0.6) is 0 Å². The molecule has 0 radical (unpaired) electrons. The summed E-state index contributed by atoms with van der Waals surface area (Å²) in [6.45, 7) is 0.431. The lowest BCUT2D eigenvalue weighted by molar-refractivity contribution is -0.138. The summed E-state index contributed by atoms with van der Waals surface area (Å²) >= 11 is 0.639. The number of carbonyl (C=O) groups is 2. The minimum Gasteiger partial charge on any atom is -0.755 e. The second-order valence-corrected chi connectivity index (χ2v) is 9.97. The van der Waals surface area contributed by atoms with Gasteiger partial charge in [-0.1, -0.05) is 51.8 Å². The summed E-state index contributed by atoms with van der Waals surface area (Å²) in [5.41, 5.74) is 3.32. The van der Waals surface area contributed by atoms with Gasteiger partial charge in [0.15, 0.2) is 0 Å². The average molecular weight is 548 g/mol. The van der Waals surface area contributed by atoms with Crippen LogP contribution in [-0.4, -0.2) is 38.3 Å². The Morgan fingerprint density at radius 1 is 1.09 bits per heavy atom. The molecule has 1 aliphatic rings. The van der Waals surface area contributed by atoms with E-state index >= 15 is 0 Å². The summed E-state index contributed by atoms with van der Waals surface area (Å²) in [4.78, 5) is 23.9. The van der Waals surface area contributed by atoms with Crippen LogP contribution < -0.4 is 9.62 Å². The predicted molar refractivity (Wildman–Crippen MR) is 136 cm³/mol. The molecule has 2 unspecified atom stereocenters. The van der Waals surface area contributed by atoms with Crippen LogP contribution in [0.25, 0.3) is 11.1 Å². The Balaban J connectivity index is 1.57. The number of aliphatic carboxylic acids is 1. The molecule has 1 amide bonds. The topological polar surface area (TPSA) is 110 Å². The van der Waals surface area contributed by atoms with Gasteiger partial charge < -0.3 is 15.0 Å². The minimum absolute atomic E-state index is 0.0314. The van der Waals surface area contributed by atoms with Gasteiger partial charge in [0, 0.05) is 34.4 Å². The average Bonchev–Trinajstić information content (AvgIpc) is 3.31. The molecule has 9 heteroatoms. The van der Waals surface area contributed by atoms with Gasteiger partial charge in [-0.15, -0.1) is 0 Å². The Kier molecular flexibility index (Phi) is 9.86. The smallest absolute Gasteiger partial charge is 0.327 e. The van der Waals surface area contributed by atoms with Crippen molar-refractivity contribution in [3.63, 3.8) is 0 Å². The van der Waals surface area contributed by atoms with Crippen LogP contribution in [-0.2, 0) is 20.9 Å². The molecular weight excluding hydrogens is 520 g/mol. The van der Waals surface area contributed by atoms with Crippen molar-refractivity contribution in [2.75, 3.05) is 10.8 Å². The molecule has 0 spiro atoms. The van der Waals surface area contributed by atoms with Crippen molar-refractivity contribution in [3.8, 4) is 11.1 Å². The fourth-order valence-electron chi connectivity index (χ4n) is 4.01. The van der Waals surface area contributed by atoms with Crippen molar-refractivity contribution in [3.05, 3.63) is 64.7 Å². The van der Waals surface area contributed by atoms with Gasteiger partial charge in [-0.2, -0.15) is 0 Å². The third-order valence-corrected chi connectivity index (χ3v) is 7.09. The highest BCUT2D eigenvalue weighted by Gasteiger charge is 2.26. The summed E-state index contributed by atoms with van der Waals surface area (Å²) in [7, 11) is 0. The number of anilines is 1. The summed E-state index contributed by atoms with van der Waals surface area (Å²) in [5, 5.41) is 12.6. The van der Waals surface area contributed by atoms with E-state index in [2.05, 4.69) is 27.3 Å². The first-order chi connectivity index (χ1) is 16.3. The zero-order chi connectivity index (χ0) is 24.5. The van der Waals surface area contributed by atoms with Crippen LogP contribution in [0, 0.1) is 0 Å². The number of carbonyl (C=O) groups excluding carboxylic acids is 1. The lowest BCUT2D eigenvalue weighted by Gasteiger charge is -2.32. The Hall–Kier alpha value is -2.49. The number of benzene rings is 2. The van der Waals surface area contributed by atoms with Crippen LogP contribution in [0.15, 0.2) is 64.7 Å². The Labute approximate surface area is 210 Å². The maximum absolute atomic E-state index is 12.0. The Morgan fingerprint density at radius 3 is 2.29 bits per heavy atom. The molecular formula is C25H28BrN2O5S-. The highest BCUT2D eigenvalue weighted by molar-refractivity contribution is 9.10. The first kappa shape index (κ1) is 26.1. The molecule has 2 aromatic carbocycles. The number of allylic oxidation sites excluding steroid dienone is 1. The highest BCUT2D eigenvalue weighted by atomic mass is 79.9. The van der Waals surface area contributed by atoms with Crippen molar-refractivity contribution in [1.29, 1.82) is 0 Å². The number of hydrogen-bond donors (Lipinski definition) is 2. The standard InChI is InChI=1S/C25H29BrN2O5S/c26-21-12-8-19(9-13-21)20-10-14-22(15-11-20)28(34(32)33)23(25(30)31)7-3-4-16-27-24(29)17-18-5-1-2-6-18/h5,8-15,23H,1-4,6-7,16-17H2,(H,27,29)(H,30,31)(H,32,33)/p-1. The zero-order valence-corrected chi connectivity index (χ0v) is 21.1. The summed E-state index contributed by atoms with van der Waals surface area (Å²) in [6, 6.07) is 13.2. The number of rotatable bonds is 12. The maximum Gasteiger partial charge on any atom is 0.327 e. The zero-order valence-electron chi connectivity index (χ0n) is 18.7. The molecule has 182 valence electrons. The minimum atomic E-state index is -2.76. The van der Waals surface area contributed by atoms with Gasteiger partial charge in [0.1, 0.15) is 6.04 Å². The van der Waals surface area contributed by atoms with Crippen LogP contribution in [0.1, 0.15) is 44.9 Å². The molecule has 0 saturated carbocycles. The highest BCUT2D eigenvalue weighted by Crippen LogP contribution is 2.27. The molecule has 2 atom stereocenters. The van der Waals surface area contributed by atoms with Gasteiger partial charge in [-0.25, -0.2) is 4.79 Å². The number of hydrogen-bond acceptors (Lipinski definition) is 4. The lowest BCUT2D eigenvalue weighted by Crippen LogP contribution is -2.42. The summed E-state index contributed by atoms with van der Waals surface area (Å²) < 4.78 is 25.8. The number of halogens is 1. The van der Waals surface area contributed by atoms with Crippen molar-refractivity contribution in [2.45, 2.75) is 51.0 Å². The summed E-state index contributed by atoms with van der Waals surface area (Å²) in [5.74, 6) is -1.24. The van der Waals surface area contributed by atoms with E-state index in [1.54, 1.807) is 24.3 Å². The monoisotopic (exact) mass is 547 g/mol. The number of nitrogens with one attached hydrogen (secondary N) is 1. The van der Waals surface area contributed by atoms with Crippen LogP contribution in [0.4, 0.5) is 5.69 Å². The van der Waals surface area contributed by atoms with E-state index < -0.39 is 23.3 Å². The largest absolute Gasteiger partial charge is 0.755 e. The second-order valence-electron chi connectivity index (χ2n) is 8.23. The number of carboxylic acid groups (broad SMARTS) is 1. The number of carboxylic acids is 1. The lowest BCUT2D eigenvalue weighted by atomic mass is 10.0. The van der Waals surface area contributed by atoms with E-state index in [4.69, 9.17) is 0 Å². The fourth-order valence-corrected chi connectivity index (χ4v) is 4.97. The molecule has 1 aliphatic carbocycles. The number of unbranched alkanes of at least 4 members (excludes halogenated alkanes) is 1. The van der Waals surface area contributed by atoms with E-state index in [1.807, 2.05) is 24.3 Å². The molecule has 0 heterocycles. The third-order valence-electron chi connectivity index (χ3n) is 5.78. The van der Waals surface area contributed by atoms with Gasteiger partial charge in [0.25, 0.3) is 0 Å². The predicted octanol–water partition coefficient (Wildman–Crippen LogP) is 4.96. The van der Waals surface area contributed by atoms with E-state index in [1.165, 1.54) is 5.57 Å². The number of amides is 1. The van der Waals surface area contributed by atoms with E-state index in [9.17, 15) is 23.5 Å². The van der Waals surface area contributed by atoms with Crippen molar-refractivity contribution < 1.29 is 23.5 Å². The van der Waals surface area contributed by atoms with Crippen LogP contribution >= 0.6 is 15.9 Å². The summed E-state index contributed by atoms with van der Waals surface area (Å²) in [6.07, 6.45) is 6.80. The van der Waals surface area contributed by atoms with E-state index in [0.717, 1.165) is 39.2 Å². The first-order valence-electron chi connectivity index (χ1n) is 11.3. The molecule has 2 aromatic rings. The van der Waals surface area contributed by atoms with Crippen molar-refractivity contribution in [2.24, 2.45) is 0 Å². The molecule has 0 saturated heterocycles. The van der Waals surface area contributed by atoms with Crippen LogP contribution in [0.2, 0.25) is 0 Å². The molecule has 0 bridgehead atoms. The van der Waals surface area contributed by atoms with E-state index in [-0.39, 0.29) is 12.3 Å². The van der Waals surface area contributed by atoms with Gasteiger partial charge in [-0.05, 0) is 73.9 Å². The fraction of sp³-hybridized carbons (Fsp3) is 0.360. The molecule has 0 aromatic heterocycles. The maximum atomic E-state index is 12.0. The normalized spacial score (nSPS) is 14.8. The second kappa shape index (κ2) is 12.8. The third kappa shape index (κ3) is 7.51. The van der Waals surface area contributed by atoms with Gasteiger partial charge in [0.05, 0.1) is 0 Å². The van der Waals surface area contributed by atoms with Crippen molar-refractivity contribution in [1.82, 2.24) is 5.32 Å². The molecule has 2 N–H and O–H groups in total. The van der Waals surface area contributed by atoms with Gasteiger partial charge >= 0.3 is 5.97 Å².